The zero-order valence-corrected chi connectivity index (χ0v) is 7.53. The predicted molar refractivity (Wildman–Crippen MR) is 58.0 cm³/mol. The molecular formula is C12H9NO. The Kier molecular flexibility index (Phi) is 1.47. The molecule has 3 rings (SSSR count). The van der Waals surface area contributed by atoms with E-state index in [0.29, 0.717) is 0 Å². The summed E-state index contributed by atoms with van der Waals surface area (Å²) in [4.78, 5) is 0. The molecule has 2 heterocycles. The van der Waals surface area contributed by atoms with E-state index in [2.05, 4.69) is 17.5 Å². The third kappa shape index (κ3) is 0.973. The summed E-state index contributed by atoms with van der Waals surface area (Å²) in [6.45, 7) is 0. The van der Waals surface area contributed by atoms with E-state index in [1.807, 2.05) is 36.6 Å². The zero-order chi connectivity index (χ0) is 9.38. The van der Waals surface area contributed by atoms with Crippen LogP contribution in [0.15, 0.2) is 47.0 Å². The fraction of sp³-hybridized carbons (Fsp3) is 0. The van der Waals surface area contributed by atoms with Gasteiger partial charge in [0.15, 0.2) is 0 Å². The van der Waals surface area contributed by atoms with E-state index in [9.17, 15) is 0 Å². The van der Waals surface area contributed by atoms with E-state index < -0.39 is 0 Å². The predicted octanol–water partition coefficient (Wildman–Crippen LogP) is 3.39. The summed E-state index contributed by atoms with van der Waals surface area (Å²) in [7, 11) is 0. The molecule has 0 radical (unpaired) electrons. The van der Waals surface area contributed by atoms with Crippen molar-refractivity contribution >= 4 is 22.9 Å². The maximum absolute atomic E-state index is 5.66. The van der Waals surface area contributed by atoms with Crippen LogP contribution in [0.4, 0.5) is 5.88 Å². The summed E-state index contributed by atoms with van der Waals surface area (Å²) >= 11 is 0. The number of nitrogens with one attached hydrogen (secondary N) is 1. The van der Waals surface area contributed by atoms with Crippen molar-refractivity contribution in [2.24, 2.45) is 0 Å². The fourth-order valence-corrected chi connectivity index (χ4v) is 1.67. The fourth-order valence-electron chi connectivity index (χ4n) is 1.67. The molecule has 1 aromatic heterocycles. The molecule has 0 atom stereocenters. The van der Waals surface area contributed by atoms with Gasteiger partial charge in [-0.25, -0.2) is 0 Å². The number of allylic oxidation sites excluding steroid dienone is 2. The van der Waals surface area contributed by atoms with Crippen LogP contribution in [-0.4, -0.2) is 0 Å². The highest BCUT2D eigenvalue weighted by Crippen LogP contribution is 2.31. The van der Waals surface area contributed by atoms with Crippen LogP contribution in [-0.2, 0) is 0 Å². The number of hydrogen-bond donors (Lipinski definition) is 1. The number of rotatable bonds is 0. The van der Waals surface area contributed by atoms with Crippen LogP contribution >= 0.6 is 0 Å². The Morgan fingerprint density at radius 2 is 2.00 bits per heavy atom. The van der Waals surface area contributed by atoms with Gasteiger partial charge in [-0.3, -0.25) is 0 Å². The molecule has 0 saturated carbocycles. The van der Waals surface area contributed by atoms with Crippen LogP contribution in [0.2, 0.25) is 0 Å². The Labute approximate surface area is 81.5 Å². The zero-order valence-electron chi connectivity index (χ0n) is 7.53. The van der Waals surface area contributed by atoms with Crippen LogP contribution in [0.1, 0.15) is 5.56 Å². The van der Waals surface area contributed by atoms with Gasteiger partial charge in [0.1, 0.15) is 5.58 Å². The van der Waals surface area contributed by atoms with Gasteiger partial charge in [0, 0.05) is 17.1 Å². The lowest BCUT2D eigenvalue weighted by Gasteiger charge is -1.93. The van der Waals surface area contributed by atoms with Gasteiger partial charge in [-0.05, 0) is 18.2 Å². The summed E-state index contributed by atoms with van der Waals surface area (Å²) in [6.07, 6.45) is 7.87. The Balaban J connectivity index is 2.37. The van der Waals surface area contributed by atoms with Crippen molar-refractivity contribution < 1.29 is 4.42 Å². The van der Waals surface area contributed by atoms with Crippen molar-refractivity contribution in [3.63, 3.8) is 0 Å². The molecule has 0 unspecified atom stereocenters. The molecule has 0 spiro atoms. The molecule has 0 aliphatic carbocycles. The lowest BCUT2D eigenvalue weighted by Crippen LogP contribution is -1.83. The molecule has 1 N–H and O–H groups in total. The second-order valence-electron chi connectivity index (χ2n) is 3.20. The molecule has 1 aliphatic rings. The van der Waals surface area contributed by atoms with E-state index in [1.165, 1.54) is 0 Å². The van der Waals surface area contributed by atoms with Gasteiger partial charge in [0.25, 0.3) is 0 Å². The minimum Gasteiger partial charge on any atom is -0.440 e. The minimum atomic E-state index is 0.816. The summed E-state index contributed by atoms with van der Waals surface area (Å²) in [5, 5.41) is 4.25. The molecule has 2 nitrogen and oxygen atoms in total. The second-order valence-corrected chi connectivity index (χ2v) is 3.20. The Bertz CT molecular complexity index is 534. The maximum Gasteiger partial charge on any atom is 0.205 e. The van der Waals surface area contributed by atoms with Crippen molar-refractivity contribution in [3.05, 3.63) is 48.2 Å². The molecule has 0 amide bonds. The van der Waals surface area contributed by atoms with E-state index in [-0.39, 0.29) is 0 Å². The third-order valence-electron chi connectivity index (χ3n) is 2.32. The first kappa shape index (κ1) is 7.44. The summed E-state index contributed by atoms with van der Waals surface area (Å²) in [5.41, 5.74) is 2.04. The normalized spacial score (nSPS) is 13.7. The molecule has 14 heavy (non-hydrogen) atoms. The van der Waals surface area contributed by atoms with Gasteiger partial charge in [-0.2, -0.15) is 0 Å². The first-order chi connectivity index (χ1) is 6.95. The van der Waals surface area contributed by atoms with Crippen LogP contribution in [0, 0.1) is 0 Å². The average molecular weight is 183 g/mol. The van der Waals surface area contributed by atoms with E-state index in [0.717, 1.165) is 22.4 Å². The van der Waals surface area contributed by atoms with Crippen molar-refractivity contribution in [1.82, 2.24) is 0 Å². The number of para-hydroxylation sites is 1. The number of fused-ring (bicyclic) bond motifs is 3. The number of benzene rings is 1. The highest BCUT2D eigenvalue weighted by molar-refractivity contribution is 5.93. The maximum atomic E-state index is 5.66. The average Bonchev–Trinajstić information content (AvgIpc) is 2.42. The Morgan fingerprint density at radius 1 is 1.07 bits per heavy atom. The van der Waals surface area contributed by atoms with Gasteiger partial charge in [-0.1, -0.05) is 24.3 Å². The third-order valence-corrected chi connectivity index (χ3v) is 2.32. The standard InChI is InChI=1S/C12H9NO/c1-2-7-11-9(5-1)10-6-3-4-8-13-12(10)14-11/h1-8,13H. The molecule has 0 saturated heterocycles. The molecule has 2 heteroatoms. The van der Waals surface area contributed by atoms with Crippen molar-refractivity contribution in [2.75, 3.05) is 5.32 Å². The lowest BCUT2D eigenvalue weighted by atomic mass is 10.1. The Morgan fingerprint density at radius 3 is 3.00 bits per heavy atom. The second kappa shape index (κ2) is 2.77. The Hall–Kier alpha value is -1.96. The summed E-state index contributed by atoms with van der Waals surface area (Å²) in [5.74, 6) is 0.816. The van der Waals surface area contributed by atoms with Crippen molar-refractivity contribution in [1.29, 1.82) is 0 Å². The van der Waals surface area contributed by atoms with Crippen LogP contribution < -0.4 is 5.32 Å². The topological polar surface area (TPSA) is 25.2 Å². The number of furan rings is 1. The van der Waals surface area contributed by atoms with E-state index in [4.69, 9.17) is 4.42 Å². The van der Waals surface area contributed by atoms with E-state index in [1.54, 1.807) is 0 Å². The number of anilines is 1. The highest BCUT2D eigenvalue weighted by Gasteiger charge is 2.10. The molecule has 2 aromatic rings. The summed E-state index contributed by atoms with van der Waals surface area (Å²) < 4.78 is 5.66. The van der Waals surface area contributed by atoms with Crippen LogP contribution in [0.3, 0.4) is 0 Å². The van der Waals surface area contributed by atoms with Gasteiger partial charge in [0.2, 0.25) is 5.88 Å². The number of hydrogen-bond acceptors (Lipinski definition) is 2. The first-order valence-corrected chi connectivity index (χ1v) is 4.56. The smallest absolute Gasteiger partial charge is 0.205 e. The van der Waals surface area contributed by atoms with Crippen LogP contribution in [0.5, 0.6) is 0 Å². The van der Waals surface area contributed by atoms with E-state index >= 15 is 0 Å². The molecule has 0 bridgehead atoms. The first-order valence-electron chi connectivity index (χ1n) is 4.56. The van der Waals surface area contributed by atoms with Gasteiger partial charge < -0.3 is 9.73 Å². The molecule has 1 aliphatic heterocycles. The molecule has 0 fully saturated rings. The molecular weight excluding hydrogens is 174 g/mol. The van der Waals surface area contributed by atoms with Crippen molar-refractivity contribution in [3.8, 4) is 0 Å². The highest BCUT2D eigenvalue weighted by atomic mass is 16.3. The quantitative estimate of drug-likeness (QED) is 0.677. The largest absolute Gasteiger partial charge is 0.440 e. The minimum absolute atomic E-state index is 0.816. The van der Waals surface area contributed by atoms with Crippen molar-refractivity contribution in [2.45, 2.75) is 0 Å². The van der Waals surface area contributed by atoms with Gasteiger partial charge >= 0.3 is 0 Å². The lowest BCUT2D eigenvalue weighted by molar-refractivity contribution is 0.633. The SMILES string of the molecule is C1=CNc2oc3ccccc3c2C=C1. The monoisotopic (exact) mass is 183 g/mol. The van der Waals surface area contributed by atoms with Gasteiger partial charge in [0.05, 0.1) is 0 Å². The molecule has 68 valence electrons. The summed E-state index contributed by atoms with van der Waals surface area (Å²) in [6, 6.07) is 8.03. The van der Waals surface area contributed by atoms with Crippen LogP contribution in [0.25, 0.3) is 17.0 Å². The van der Waals surface area contributed by atoms with Gasteiger partial charge in [-0.15, -0.1) is 0 Å². The molecule has 1 aromatic carbocycles.